The minimum Gasteiger partial charge on any atom is -0.497 e. The number of rotatable bonds is 7. The van der Waals surface area contributed by atoms with Gasteiger partial charge in [0.2, 0.25) is 0 Å². The third-order valence-corrected chi connectivity index (χ3v) is 4.95. The van der Waals surface area contributed by atoms with Crippen LogP contribution in [0.25, 0.3) is 0 Å². The monoisotopic (exact) mass is 382 g/mol. The molecule has 1 amide bonds. The molecule has 150 valence electrons. The zero-order chi connectivity index (χ0) is 19.9. The standard InChI is InChI=1S/C23H30N2O3/c1-17(2)16-28-22-6-4-5-18(15-22)23(26)24-19-11-13-25(14-12-19)20-7-9-21(27-3)10-8-20/h4-10,15,17,19H,11-14,16H2,1-3H3,(H,24,26). The van der Waals surface area contributed by atoms with E-state index in [-0.39, 0.29) is 11.9 Å². The number of nitrogens with zero attached hydrogens (tertiary/aromatic N) is 1. The minimum absolute atomic E-state index is 0.0297. The van der Waals surface area contributed by atoms with Crippen LogP contribution in [0.1, 0.15) is 37.0 Å². The highest BCUT2D eigenvalue weighted by atomic mass is 16.5. The van der Waals surface area contributed by atoms with Crippen molar-refractivity contribution < 1.29 is 14.3 Å². The van der Waals surface area contributed by atoms with E-state index in [4.69, 9.17) is 9.47 Å². The molecule has 2 aromatic carbocycles. The fourth-order valence-corrected chi connectivity index (χ4v) is 3.33. The second-order valence-electron chi connectivity index (χ2n) is 7.67. The summed E-state index contributed by atoms with van der Waals surface area (Å²) in [4.78, 5) is 15.0. The van der Waals surface area contributed by atoms with Crippen molar-refractivity contribution in [3.63, 3.8) is 0 Å². The largest absolute Gasteiger partial charge is 0.497 e. The van der Waals surface area contributed by atoms with E-state index < -0.39 is 0 Å². The predicted molar refractivity (Wildman–Crippen MR) is 112 cm³/mol. The zero-order valence-electron chi connectivity index (χ0n) is 17.0. The van der Waals surface area contributed by atoms with Crippen LogP contribution in [0.2, 0.25) is 0 Å². The van der Waals surface area contributed by atoms with E-state index in [1.807, 2.05) is 36.4 Å². The van der Waals surface area contributed by atoms with Crippen molar-refractivity contribution in [3.05, 3.63) is 54.1 Å². The fourth-order valence-electron chi connectivity index (χ4n) is 3.33. The first kappa shape index (κ1) is 20.1. The number of ether oxygens (including phenoxy) is 2. The molecule has 1 aliphatic rings. The molecule has 1 aliphatic heterocycles. The molecule has 0 aromatic heterocycles. The summed E-state index contributed by atoms with van der Waals surface area (Å²) in [5, 5.41) is 3.18. The fraction of sp³-hybridized carbons (Fsp3) is 0.435. The Morgan fingerprint density at radius 1 is 1.11 bits per heavy atom. The Morgan fingerprint density at radius 3 is 2.46 bits per heavy atom. The van der Waals surface area contributed by atoms with Crippen LogP contribution in [0.15, 0.2) is 48.5 Å². The lowest BCUT2D eigenvalue weighted by Gasteiger charge is -2.34. The van der Waals surface area contributed by atoms with Crippen molar-refractivity contribution in [3.8, 4) is 11.5 Å². The number of piperidine rings is 1. The van der Waals surface area contributed by atoms with Gasteiger partial charge in [0.05, 0.1) is 13.7 Å². The van der Waals surface area contributed by atoms with Gasteiger partial charge in [-0.25, -0.2) is 0 Å². The van der Waals surface area contributed by atoms with Crippen LogP contribution < -0.4 is 19.7 Å². The molecule has 0 bridgehead atoms. The molecule has 5 heteroatoms. The van der Waals surface area contributed by atoms with Crippen LogP contribution in [0, 0.1) is 5.92 Å². The number of methoxy groups -OCH3 is 1. The van der Waals surface area contributed by atoms with Gasteiger partial charge in [-0.15, -0.1) is 0 Å². The molecule has 3 rings (SSSR count). The predicted octanol–water partition coefficient (Wildman–Crippen LogP) is 4.13. The number of carbonyl (C=O) groups is 1. The van der Waals surface area contributed by atoms with Crippen LogP contribution in [0.4, 0.5) is 5.69 Å². The first-order chi connectivity index (χ1) is 13.5. The maximum atomic E-state index is 12.6. The Kier molecular flexibility index (Phi) is 6.80. The normalized spacial score (nSPS) is 14.8. The minimum atomic E-state index is -0.0297. The van der Waals surface area contributed by atoms with E-state index in [0.29, 0.717) is 18.1 Å². The van der Waals surface area contributed by atoms with Crippen LogP contribution in [0.3, 0.4) is 0 Å². The van der Waals surface area contributed by atoms with Gasteiger partial charge in [-0.2, -0.15) is 0 Å². The Labute approximate surface area is 167 Å². The molecule has 1 heterocycles. The number of hydrogen-bond acceptors (Lipinski definition) is 4. The summed E-state index contributed by atoms with van der Waals surface area (Å²) in [6.45, 7) is 6.71. The maximum absolute atomic E-state index is 12.6. The Balaban J connectivity index is 1.51. The summed E-state index contributed by atoms with van der Waals surface area (Å²) >= 11 is 0. The Bertz CT molecular complexity index is 766. The van der Waals surface area contributed by atoms with Crippen molar-refractivity contribution in [2.45, 2.75) is 32.7 Å². The summed E-state index contributed by atoms with van der Waals surface area (Å²) in [5.41, 5.74) is 1.85. The molecule has 0 atom stereocenters. The molecule has 0 aliphatic carbocycles. The molecular weight excluding hydrogens is 352 g/mol. The lowest BCUT2D eigenvalue weighted by Crippen LogP contribution is -2.44. The number of anilines is 1. The zero-order valence-corrected chi connectivity index (χ0v) is 17.0. The molecule has 5 nitrogen and oxygen atoms in total. The number of benzene rings is 2. The van der Waals surface area contributed by atoms with Gasteiger partial charge in [0.15, 0.2) is 0 Å². The first-order valence-corrected chi connectivity index (χ1v) is 9.98. The second kappa shape index (κ2) is 9.49. The second-order valence-corrected chi connectivity index (χ2v) is 7.67. The third-order valence-electron chi connectivity index (χ3n) is 4.95. The Hall–Kier alpha value is -2.69. The van der Waals surface area contributed by atoms with Gasteiger partial charge >= 0.3 is 0 Å². The smallest absolute Gasteiger partial charge is 0.251 e. The molecule has 2 aromatic rings. The molecule has 1 N–H and O–H groups in total. The van der Waals surface area contributed by atoms with Gasteiger partial charge < -0.3 is 19.7 Å². The number of hydrogen-bond donors (Lipinski definition) is 1. The quantitative estimate of drug-likeness (QED) is 0.782. The summed E-state index contributed by atoms with van der Waals surface area (Å²) in [7, 11) is 1.68. The third kappa shape index (κ3) is 5.41. The van der Waals surface area contributed by atoms with E-state index in [9.17, 15) is 4.79 Å². The molecular formula is C23H30N2O3. The molecule has 0 saturated carbocycles. The van der Waals surface area contributed by atoms with Crippen molar-refractivity contribution in [2.24, 2.45) is 5.92 Å². The number of nitrogens with one attached hydrogen (secondary N) is 1. The van der Waals surface area contributed by atoms with Crippen LogP contribution in [-0.4, -0.2) is 38.8 Å². The Morgan fingerprint density at radius 2 is 1.82 bits per heavy atom. The molecule has 0 spiro atoms. The van der Waals surface area contributed by atoms with E-state index in [0.717, 1.165) is 37.4 Å². The van der Waals surface area contributed by atoms with Gasteiger partial charge in [-0.3, -0.25) is 4.79 Å². The van der Waals surface area contributed by atoms with Crippen LogP contribution >= 0.6 is 0 Å². The van der Waals surface area contributed by atoms with Gasteiger partial charge in [0.25, 0.3) is 5.91 Å². The van der Waals surface area contributed by atoms with Crippen molar-refractivity contribution >= 4 is 11.6 Å². The summed E-state index contributed by atoms with van der Waals surface area (Å²) in [5.74, 6) is 2.03. The van der Waals surface area contributed by atoms with Crippen LogP contribution in [0.5, 0.6) is 11.5 Å². The highest BCUT2D eigenvalue weighted by Gasteiger charge is 2.21. The average molecular weight is 383 g/mol. The summed E-state index contributed by atoms with van der Waals surface area (Å²) in [6, 6.07) is 15.8. The molecule has 28 heavy (non-hydrogen) atoms. The van der Waals surface area contributed by atoms with Gasteiger partial charge in [0, 0.05) is 30.4 Å². The van der Waals surface area contributed by atoms with Crippen LogP contribution in [-0.2, 0) is 0 Å². The van der Waals surface area contributed by atoms with Gasteiger partial charge in [-0.1, -0.05) is 19.9 Å². The molecule has 0 radical (unpaired) electrons. The summed E-state index contributed by atoms with van der Waals surface area (Å²) in [6.07, 6.45) is 1.86. The number of amides is 1. The first-order valence-electron chi connectivity index (χ1n) is 9.98. The lowest BCUT2D eigenvalue weighted by atomic mass is 10.0. The summed E-state index contributed by atoms with van der Waals surface area (Å²) < 4.78 is 11.0. The number of carbonyl (C=O) groups excluding carboxylic acids is 1. The SMILES string of the molecule is COc1ccc(N2CCC(NC(=O)c3cccc(OCC(C)C)c3)CC2)cc1. The average Bonchev–Trinajstić information content (AvgIpc) is 2.73. The topological polar surface area (TPSA) is 50.8 Å². The van der Waals surface area contributed by atoms with E-state index in [2.05, 4.69) is 36.2 Å². The van der Waals surface area contributed by atoms with Crippen molar-refractivity contribution in [2.75, 3.05) is 31.7 Å². The van der Waals surface area contributed by atoms with Gasteiger partial charge in [0.1, 0.15) is 11.5 Å². The highest BCUT2D eigenvalue weighted by Crippen LogP contribution is 2.23. The van der Waals surface area contributed by atoms with E-state index in [1.54, 1.807) is 7.11 Å². The lowest BCUT2D eigenvalue weighted by molar-refractivity contribution is 0.0930. The van der Waals surface area contributed by atoms with Gasteiger partial charge in [-0.05, 0) is 61.2 Å². The van der Waals surface area contributed by atoms with E-state index >= 15 is 0 Å². The molecule has 0 unspecified atom stereocenters. The molecule has 1 saturated heterocycles. The maximum Gasteiger partial charge on any atom is 0.251 e. The highest BCUT2D eigenvalue weighted by molar-refractivity contribution is 5.94. The van der Waals surface area contributed by atoms with E-state index in [1.165, 1.54) is 5.69 Å². The molecule has 1 fully saturated rings. The van der Waals surface area contributed by atoms with Crippen molar-refractivity contribution in [1.82, 2.24) is 5.32 Å². The van der Waals surface area contributed by atoms with Crippen molar-refractivity contribution in [1.29, 1.82) is 0 Å².